The highest BCUT2D eigenvalue weighted by molar-refractivity contribution is 6.13. The molecule has 2 atom stereocenters. The van der Waals surface area contributed by atoms with E-state index in [1.165, 1.54) is 18.2 Å². The number of aliphatic hydroxyl groups is 1. The first-order valence-electron chi connectivity index (χ1n) is 9.04. The van der Waals surface area contributed by atoms with E-state index in [1.54, 1.807) is 12.1 Å². The number of aromatic hydroxyl groups is 1. The molecule has 0 amide bonds. The maximum Gasteiger partial charge on any atom is 0.270 e. The molecular formula is C21H12N2O8. The molecule has 2 aliphatic rings. The Morgan fingerprint density at radius 3 is 2.13 bits per heavy atom. The average Bonchev–Trinajstić information content (AvgIpc) is 3.12. The van der Waals surface area contributed by atoms with Gasteiger partial charge in [-0.2, -0.15) is 0 Å². The number of nitrogens with zero attached hydrogens (tertiary/aromatic N) is 2. The van der Waals surface area contributed by atoms with E-state index in [2.05, 4.69) is 0 Å². The number of non-ortho nitro benzene ring substituents is 2. The highest BCUT2D eigenvalue weighted by Gasteiger charge is 2.72. The van der Waals surface area contributed by atoms with Crippen LogP contribution in [-0.4, -0.2) is 25.8 Å². The van der Waals surface area contributed by atoms with Gasteiger partial charge in [0.15, 0.2) is 11.2 Å². The molecule has 0 fully saturated rings. The molecule has 0 aromatic heterocycles. The molecule has 1 aliphatic heterocycles. The topological polar surface area (TPSA) is 153 Å². The molecular weight excluding hydrogens is 408 g/mol. The lowest BCUT2D eigenvalue weighted by molar-refractivity contribution is -0.385. The number of hydrogen-bond acceptors (Lipinski definition) is 8. The van der Waals surface area contributed by atoms with Gasteiger partial charge in [0.05, 0.1) is 9.85 Å². The number of phenols is 1. The van der Waals surface area contributed by atoms with Gasteiger partial charge in [-0.15, -0.1) is 0 Å². The highest BCUT2D eigenvalue weighted by Crippen LogP contribution is 2.64. The first-order valence-corrected chi connectivity index (χ1v) is 9.04. The van der Waals surface area contributed by atoms with Gasteiger partial charge in [0.2, 0.25) is 0 Å². The van der Waals surface area contributed by atoms with E-state index in [0.29, 0.717) is 0 Å². The molecule has 1 aliphatic carbocycles. The molecule has 5 rings (SSSR count). The summed E-state index contributed by atoms with van der Waals surface area (Å²) in [5, 5.41) is 45.2. The number of carbonyl (C=O) groups excluding carboxylic acids is 1. The summed E-state index contributed by atoms with van der Waals surface area (Å²) in [6.45, 7) is 0. The Kier molecular flexibility index (Phi) is 3.54. The minimum Gasteiger partial charge on any atom is -0.508 e. The van der Waals surface area contributed by atoms with Crippen molar-refractivity contribution >= 4 is 17.2 Å². The van der Waals surface area contributed by atoms with Crippen molar-refractivity contribution in [2.24, 2.45) is 0 Å². The standard InChI is InChI=1S/C21H12N2O8/c24-17-7-5-11(22(27)28)9-15(17)20-16-10-12(23(29)30)6-8-18(16)31-21(20,26)14-4-2-1-3-13(14)19(20)25/h1-10,24,26H. The van der Waals surface area contributed by atoms with Crippen LogP contribution in [-0.2, 0) is 11.2 Å². The zero-order chi connectivity index (χ0) is 22.1. The van der Waals surface area contributed by atoms with Gasteiger partial charge in [0.1, 0.15) is 11.5 Å². The van der Waals surface area contributed by atoms with Crippen LogP contribution < -0.4 is 4.74 Å². The van der Waals surface area contributed by atoms with Crippen molar-refractivity contribution in [2.75, 3.05) is 0 Å². The fourth-order valence-corrected chi connectivity index (χ4v) is 4.53. The van der Waals surface area contributed by atoms with Gasteiger partial charge >= 0.3 is 0 Å². The van der Waals surface area contributed by atoms with E-state index in [4.69, 9.17) is 4.74 Å². The zero-order valence-corrected chi connectivity index (χ0v) is 15.5. The van der Waals surface area contributed by atoms with E-state index >= 15 is 0 Å². The summed E-state index contributed by atoms with van der Waals surface area (Å²) < 4.78 is 5.79. The number of nitro benzene ring substituents is 2. The summed E-state index contributed by atoms with van der Waals surface area (Å²) in [4.78, 5) is 35.2. The first kappa shape index (κ1) is 18.7. The third-order valence-corrected chi connectivity index (χ3v) is 5.82. The number of Topliss-reactive ketones (excluding diaryl/α,β-unsaturated/α-hetero) is 1. The molecule has 10 heteroatoms. The van der Waals surface area contributed by atoms with Crippen molar-refractivity contribution in [2.45, 2.75) is 11.2 Å². The van der Waals surface area contributed by atoms with Crippen LogP contribution in [0.15, 0.2) is 60.7 Å². The predicted molar refractivity (Wildman–Crippen MR) is 104 cm³/mol. The van der Waals surface area contributed by atoms with Gasteiger partial charge in [-0.05, 0) is 12.1 Å². The summed E-state index contributed by atoms with van der Waals surface area (Å²) in [6, 6.07) is 12.6. The Balaban J connectivity index is 1.94. The SMILES string of the molecule is O=C1c2ccccc2C2(O)Oc3ccc([N+](=O)[O-])cc3C12c1cc([N+](=O)[O-])ccc1O. The van der Waals surface area contributed by atoms with Gasteiger partial charge in [-0.1, -0.05) is 24.3 Å². The molecule has 0 saturated heterocycles. The monoisotopic (exact) mass is 420 g/mol. The second-order valence-electron chi connectivity index (χ2n) is 7.27. The molecule has 2 unspecified atom stereocenters. The lowest BCUT2D eigenvalue weighted by Crippen LogP contribution is -2.49. The summed E-state index contributed by atoms with van der Waals surface area (Å²) in [6.07, 6.45) is 0. The van der Waals surface area contributed by atoms with E-state index < -0.39 is 38.3 Å². The van der Waals surface area contributed by atoms with Crippen molar-refractivity contribution < 1.29 is 29.6 Å². The number of fused-ring (bicyclic) bond motifs is 5. The molecule has 0 radical (unpaired) electrons. The second-order valence-corrected chi connectivity index (χ2v) is 7.27. The Bertz CT molecular complexity index is 1340. The number of carbonyl (C=O) groups is 1. The van der Waals surface area contributed by atoms with Gasteiger partial charge < -0.3 is 14.9 Å². The highest BCUT2D eigenvalue weighted by atomic mass is 16.6. The minimum atomic E-state index is -2.38. The van der Waals surface area contributed by atoms with Crippen LogP contribution >= 0.6 is 0 Å². The van der Waals surface area contributed by atoms with Crippen molar-refractivity contribution in [3.63, 3.8) is 0 Å². The predicted octanol–water partition coefficient (Wildman–Crippen LogP) is 2.93. The molecule has 3 aromatic rings. The van der Waals surface area contributed by atoms with E-state index in [9.17, 15) is 35.2 Å². The van der Waals surface area contributed by atoms with Gasteiger partial charge in [-0.25, -0.2) is 0 Å². The van der Waals surface area contributed by atoms with Crippen LogP contribution in [0, 0.1) is 20.2 Å². The van der Waals surface area contributed by atoms with Crippen LogP contribution in [0.2, 0.25) is 0 Å². The fourth-order valence-electron chi connectivity index (χ4n) is 4.53. The molecule has 154 valence electrons. The number of ether oxygens (including phenoxy) is 1. The lowest BCUT2D eigenvalue weighted by Gasteiger charge is -2.34. The molecule has 0 bridgehead atoms. The normalized spacial score (nSPS) is 22.9. The summed E-state index contributed by atoms with van der Waals surface area (Å²) in [7, 11) is 0. The van der Waals surface area contributed by atoms with Crippen LogP contribution in [0.4, 0.5) is 11.4 Å². The van der Waals surface area contributed by atoms with Crippen LogP contribution in [0.3, 0.4) is 0 Å². The van der Waals surface area contributed by atoms with Crippen molar-refractivity contribution in [3.8, 4) is 11.5 Å². The second kappa shape index (κ2) is 5.86. The van der Waals surface area contributed by atoms with Crippen LogP contribution in [0.5, 0.6) is 11.5 Å². The number of hydrogen-bond donors (Lipinski definition) is 2. The smallest absolute Gasteiger partial charge is 0.270 e. The maximum atomic E-state index is 13.8. The Morgan fingerprint density at radius 2 is 1.45 bits per heavy atom. The quantitative estimate of drug-likeness (QED) is 0.484. The Morgan fingerprint density at radius 1 is 0.839 bits per heavy atom. The van der Waals surface area contributed by atoms with Crippen LogP contribution in [0.1, 0.15) is 27.0 Å². The summed E-state index contributed by atoms with van der Waals surface area (Å²) in [5.41, 5.74) is -3.19. The molecule has 3 aromatic carbocycles. The summed E-state index contributed by atoms with van der Waals surface area (Å²) in [5.74, 6) is -3.61. The van der Waals surface area contributed by atoms with Gasteiger partial charge in [-0.3, -0.25) is 25.0 Å². The molecule has 0 spiro atoms. The van der Waals surface area contributed by atoms with E-state index in [1.807, 2.05) is 0 Å². The maximum absolute atomic E-state index is 13.8. The number of rotatable bonds is 3. The molecule has 31 heavy (non-hydrogen) atoms. The Hall–Kier alpha value is -4.31. The van der Waals surface area contributed by atoms with Crippen molar-refractivity contribution in [1.29, 1.82) is 0 Å². The summed E-state index contributed by atoms with van der Waals surface area (Å²) >= 11 is 0. The van der Waals surface area contributed by atoms with Gasteiger partial charge in [0.25, 0.3) is 17.2 Å². The minimum absolute atomic E-state index is 0.0122. The molecule has 1 heterocycles. The first-order chi connectivity index (χ1) is 14.7. The number of nitro groups is 2. The van der Waals surface area contributed by atoms with E-state index in [0.717, 1.165) is 30.3 Å². The van der Waals surface area contributed by atoms with Crippen LogP contribution in [0.25, 0.3) is 0 Å². The molecule has 2 N–H and O–H groups in total. The molecule has 0 saturated carbocycles. The number of phenolic OH excluding ortho intramolecular Hbond substituents is 1. The molecule has 10 nitrogen and oxygen atoms in total. The largest absolute Gasteiger partial charge is 0.508 e. The fraction of sp³-hybridized carbons (Fsp3) is 0.0952. The zero-order valence-electron chi connectivity index (χ0n) is 15.5. The van der Waals surface area contributed by atoms with Gasteiger partial charge in [0, 0.05) is 46.5 Å². The Labute approximate surface area is 173 Å². The van der Waals surface area contributed by atoms with E-state index in [-0.39, 0.29) is 33.7 Å². The number of benzene rings is 3. The lowest BCUT2D eigenvalue weighted by atomic mass is 9.68. The average molecular weight is 420 g/mol. The number of ketones is 1. The third-order valence-electron chi connectivity index (χ3n) is 5.82. The van der Waals surface area contributed by atoms with Crippen molar-refractivity contribution in [3.05, 3.63) is 103 Å². The van der Waals surface area contributed by atoms with Crippen molar-refractivity contribution in [1.82, 2.24) is 0 Å². The third kappa shape index (κ3) is 2.11.